The van der Waals surface area contributed by atoms with E-state index in [1.807, 2.05) is 36.4 Å². The number of rotatable bonds is 6. The lowest BCUT2D eigenvalue weighted by Gasteiger charge is -2.28. The maximum atomic E-state index is 12.4. The molecule has 1 heterocycles. The number of ether oxygens (including phenoxy) is 1. The summed E-state index contributed by atoms with van der Waals surface area (Å²) in [5, 5.41) is 2.94. The maximum absolute atomic E-state index is 12.4. The summed E-state index contributed by atoms with van der Waals surface area (Å²) in [6.45, 7) is 8.32. The molecule has 3 rings (SSSR count). The van der Waals surface area contributed by atoms with Crippen LogP contribution in [0.3, 0.4) is 0 Å². The van der Waals surface area contributed by atoms with Crippen LogP contribution in [0.25, 0.3) is 0 Å². The van der Waals surface area contributed by atoms with E-state index in [9.17, 15) is 4.79 Å². The first-order chi connectivity index (χ1) is 13.0. The Labute approximate surface area is 162 Å². The average molecular weight is 367 g/mol. The SMILES string of the molecule is CC(Oc1ccc(C(C)C)cc1)C(=O)Nc1ccc(N2CCCCC2)cc1. The normalized spacial score (nSPS) is 15.5. The fraction of sp³-hybridized carbons (Fsp3) is 0.435. The molecule has 2 aromatic carbocycles. The number of hydrogen-bond acceptors (Lipinski definition) is 3. The Hall–Kier alpha value is -2.49. The van der Waals surface area contributed by atoms with Crippen LogP contribution in [0.5, 0.6) is 5.75 Å². The molecular weight excluding hydrogens is 336 g/mol. The van der Waals surface area contributed by atoms with Crippen LogP contribution in [0.4, 0.5) is 11.4 Å². The zero-order valence-corrected chi connectivity index (χ0v) is 16.6. The van der Waals surface area contributed by atoms with Gasteiger partial charge in [-0.3, -0.25) is 4.79 Å². The molecule has 0 saturated carbocycles. The maximum Gasteiger partial charge on any atom is 0.265 e. The summed E-state index contributed by atoms with van der Waals surface area (Å²) in [4.78, 5) is 14.8. The van der Waals surface area contributed by atoms with Crippen molar-refractivity contribution in [1.82, 2.24) is 0 Å². The molecule has 1 amide bonds. The number of carbonyl (C=O) groups is 1. The Balaban J connectivity index is 1.54. The van der Waals surface area contributed by atoms with E-state index in [2.05, 4.69) is 36.2 Å². The van der Waals surface area contributed by atoms with Crippen molar-refractivity contribution in [2.45, 2.75) is 52.1 Å². The monoisotopic (exact) mass is 366 g/mol. The van der Waals surface area contributed by atoms with E-state index in [0.717, 1.165) is 18.8 Å². The second-order valence-corrected chi connectivity index (χ2v) is 7.57. The van der Waals surface area contributed by atoms with E-state index in [4.69, 9.17) is 4.74 Å². The molecule has 0 aromatic heterocycles. The predicted molar refractivity (Wildman–Crippen MR) is 112 cm³/mol. The van der Waals surface area contributed by atoms with Crippen molar-refractivity contribution < 1.29 is 9.53 Å². The van der Waals surface area contributed by atoms with Crippen LogP contribution in [0.15, 0.2) is 48.5 Å². The minimum Gasteiger partial charge on any atom is -0.481 e. The van der Waals surface area contributed by atoms with Gasteiger partial charge in [0.25, 0.3) is 5.91 Å². The van der Waals surface area contributed by atoms with Crippen LogP contribution >= 0.6 is 0 Å². The van der Waals surface area contributed by atoms with E-state index in [1.54, 1.807) is 6.92 Å². The highest BCUT2D eigenvalue weighted by atomic mass is 16.5. The van der Waals surface area contributed by atoms with Gasteiger partial charge in [0, 0.05) is 24.5 Å². The molecule has 27 heavy (non-hydrogen) atoms. The first-order valence-corrected chi connectivity index (χ1v) is 9.95. The van der Waals surface area contributed by atoms with Crippen LogP contribution in [0.1, 0.15) is 51.5 Å². The molecule has 1 saturated heterocycles. The molecule has 1 aliphatic rings. The van der Waals surface area contributed by atoms with Gasteiger partial charge in [0.05, 0.1) is 0 Å². The molecule has 1 aliphatic heterocycles. The van der Waals surface area contributed by atoms with Crippen LogP contribution in [0, 0.1) is 0 Å². The summed E-state index contributed by atoms with van der Waals surface area (Å²) < 4.78 is 5.78. The van der Waals surface area contributed by atoms with Gasteiger partial charge in [-0.25, -0.2) is 0 Å². The van der Waals surface area contributed by atoms with Crippen LogP contribution < -0.4 is 15.0 Å². The first kappa shape index (κ1) is 19.3. The predicted octanol–water partition coefficient (Wildman–Crippen LogP) is 5.21. The highest BCUT2D eigenvalue weighted by molar-refractivity contribution is 5.94. The molecular formula is C23H30N2O2. The van der Waals surface area contributed by atoms with Crippen molar-refractivity contribution in [3.63, 3.8) is 0 Å². The Morgan fingerprint density at radius 2 is 1.56 bits per heavy atom. The van der Waals surface area contributed by atoms with Crippen molar-refractivity contribution >= 4 is 17.3 Å². The molecule has 1 atom stereocenters. The summed E-state index contributed by atoms with van der Waals surface area (Å²) in [7, 11) is 0. The Morgan fingerprint density at radius 3 is 2.15 bits per heavy atom. The number of nitrogens with zero attached hydrogens (tertiary/aromatic N) is 1. The summed E-state index contributed by atoms with van der Waals surface area (Å²) in [6, 6.07) is 16.0. The molecule has 1 unspecified atom stereocenters. The van der Waals surface area contributed by atoms with E-state index >= 15 is 0 Å². The third-order valence-electron chi connectivity index (χ3n) is 5.08. The molecule has 0 aliphatic carbocycles. The van der Waals surface area contributed by atoms with Gasteiger partial charge in [0.1, 0.15) is 5.75 Å². The molecule has 1 N–H and O–H groups in total. The lowest BCUT2D eigenvalue weighted by molar-refractivity contribution is -0.122. The lowest BCUT2D eigenvalue weighted by atomic mass is 10.0. The van der Waals surface area contributed by atoms with Gasteiger partial charge < -0.3 is 15.0 Å². The number of carbonyl (C=O) groups excluding carboxylic acids is 1. The van der Waals surface area contributed by atoms with Crippen molar-refractivity contribution in [3.8, 4) is 5.75 Å². The average Bonchev–Trinajstić information content (AvgIpc) is 2.69. The quantitative estimate of drug-likeness (QED) is 0.763. The van der Waals surface area contributed by atoms with Crippen molar-refractivity contribution in [2.24, 2.45) is 0 Å². The Bertz CT molecular complexity index is 732. The molecule has 0 spiro atoms. The van der Waals surface area contributed by atoms with Gasteiger partial charge in [-0.1, -0.05) is 26.0 Å². The zero-order valence-electron chi connectivity index (χ0n) is 16.6. The fourth-order valence-electron chi connectivity index (χ4n) is 3.34. The van der Waals surface area contributed by atoms with E-state index in [-0.39, 0.29) is 5.91 Å². The Kier molecular flexibility index (Phi) is 6.38. The summed E-state index contributed by atoms with van der Waals surface area (Å²) in [6.07, 6.45) is 3.27. The third kappa shape index (κ3) is 5.25. The summed E-state index contributed by atoms with van der Waals surface area (Å²) >= 11 is 0. The van der Waals surface area contributed by atoms with Crippen molar-refractivity contribution in [1.29, 1.82) is 0 Å². The molecule has 2 aromatic rings. The molecule has 0 radical (unpaired) electrons. The van der Waals surface area contributed by atoms with Gasteiger partial charge in [-0.15, -0.1) is 0 Å². The van der Waals surface area contributed by atoms with Crippen LogP contribution in [-0.4, -0.2) is 25.1 Å². The third-order valence-corrected chi connectivity index (χ3v) is 5.08. The standard InChI is InChI=1S/C23H30N2O2/c1-17(2)19-7-13-22(14-8-19)27-18(3)23(26)24-20-9-11-21(12-10-20)25-15-5-4-6-16-25/h7-14,17-18H,4-6,15-16H2,1-3H3,(H,24,26). The number of hydrogen-bond donors (Lipinski definition) is 1. The Morgan fingerprint density at radius 1 is 0.926 bits per heavy atom. The topological polar surface area (TPSA) is 41.6 Å². The number of piperidine rings is 1. The van der Waals surface area contributed by atoms with Gasteiger partial charge in [0.15, 0.2) is 6.10 Å². The summed E-state index contributed by atoms with van der Waals surface area (Å²) in [5.41, 5.74) is 3.28. The number of benzene rings is 2. The second kappa shape index (κ2) is 8.94. The van der Waals surface area contributed by atoms with E-state index in [0.29, 0.717) is 11.7 Å². The lowest BCUT2D eigenvalue weighted by Crippen LogP contribution is -2.30. The number of anilines is 2. The van der Waals surface area contributed by atoms with E-state index < -0.39 is 6.10 Å². The number of amides is 1. The minimum atomic E-state index is -0.559. The van der Waals surface area contributed by atoms with E-state index in [1.165, 1.54) is 30.5 Å². The van der Waals surface area contributed by atoms with Gasteiger partial charge in [-0.2, -0.15) is 0 Å². The van der Waals surface area contributed by atoms with Crippen LogP contribution in [-0.2, 0) is 4.79 Å². The first-order valence-electron chi connectivity index (χ1n) is 9.95. The molecule has 0 bridgehead atoms. The highest BCUT2D eigenvalue weighted by Gasteiger charge is 2.16. The largest absolute Gasteiger partial charge is 0.481 e. The number of nitrogens with one attached hydrogen (secondary N) is 1. The fourth-order valence-corrected chi connectivity index (χ4v) is 3.34. The highest BCUT2D eigenvalue weighted by Crippen LogP contribution is 2.23. The second-order valence-electron chi connectivity index (χ2n) is 7.57. The van der Waals surface area contributed by atoms with Gasteiger partial charge in [-0.05, 0) is 74.1 Å². The van der Waals surface area contributed by atoms with Crippen molar-refractivity contribution in [3.05, 3.63) is 54.1 Å². The molecule has 4 nitrogen and oxygen atoms in total. The minimum absolute atomic E-state index is 0.145. The van der Waals surface area contributed by atoms with Gasteiger partial charge in [0.2, 0.25) is 0 Å². The van der Waals surface area contributed by atoms with Crippen LogP contribution in [0.2, 0.25) is 0 Å². The smallest absolute Gasteiger partial charge is 0.265 e. The zero-order chi connectivity index (χ0) is 19.2. The molecule has 144 valence electrons. The van der Waals surface area contributed by atoms with Crippen molar-refractivity contribution in [2.75, 3.05) is 23.3 Å². The molecule has 4 heteroatoms. The van der Waals surface area contributed by atoms with Gasteiger partial charge >= 0.3 is 0 Å². The molecule has 1 fully saturated rings. The summed E-state index contributed by atoms with van der Waals surface area (Å²) in [5.74, 6) is 1.05.